The minimum Gasteiger partial charge on any atom is -0.492 e. The summed E-state index contributed by atoms with van der Waals surface area (Å²) in [6, 6.07) is 7.63. The van der Waals surface area contributed by atoms with Gasteiger partial charge in [-0.1, -0.05) is 23.3 Å². The van der Waals surface area contributed by atoms with Gasteiger partial charge in [0.1, 0.15) is 12.4 Å². The van der Waals surface area contributed by atoms with Crippen LogP contribution in [0.15, 0.2) is 35.9 Å². The molecule has 0 aliphatic carbocycles. The van der Waals surface area contributed by atoms with Crippen molar-refractivity contribution in [2.75, 3.05) is 13.7 Å². The van der Waals surface area contributed by atoms with Crippen molar-refractivity contribution in [3.8, 4) is 5.75 Å². The van der Waals surface area contributed by atoms with Gasteiger partial charge < -0.3 is 10.1 Å². The van der Waals surface area contributed by atoms with Gasteiger partial charge in [0.05, 0.1) is 6.04 Å². The van der Waals surface area contributed by atoms with Crippen molar-refractivity contribution in [2.24, 2.45) is 0 Å². The summed E-state index contributed by atoms with van der Waals surface area (Å²) in [4.78, 5) is 0. The monoisotopic (exact) mass is 239 g/mol. The first-order valence-corrected chi connectivity index (χ1v) is 5.70. The molecule has 0 aromatic heterocycles. The highest BCUT2D eigenvalue weighted by molar-refractivity contribution is 6.30. The maximum atomic E-state index is 5.79. The minimum absolute atomic E-state index is 0.237. The highest BCUT2D eigenvalue weighted by Gasteiger charge is 2.03. The summed E-state index contributed by atoms with van der Waals surface area (Å²) in [5.74, 6) is 0.840. The first kappa shape index (κ1) is 13.1. The zero-order valence-corrected chi connectivity index (χ0v) is 10.7. The predicted octanol–water partition coefficient (Wildman–Crippen LogP) is 3.27. The second kappa shape index (κ2) is 6.56. The number of allylic oxidation sites excluding steroid dienone is 1. The number of ether oxygens (including phenoxy) is 1. The molecule has 0 aliphatic rings. The SMILES string of the molecule is CNC(C=C(C)C)COc1ccc(Cl)cc1. The quantitative estimate of drug-likeness (QED) is 0.797. The van der Waals surface area contributed by atoms with Gasteiger partial charge in [0.2, 0.25) is 0 Å². The Morgan fingerprint density at radius 2 is 2.00 bits per heavy atom. The van der Waals surface area contributed by atoms with Gasteiger partial charge in [-0.05, 0) is 45.2 Å². The Bertz CT molecular complexity index is 341. The normalized spacial score (nSPS) is 12.0. The topological polar surface area (TPSA) is 21.3 Å². The molecule has 0 amide bonds. The zero-order chi connectivity index (χ0) is 12.0. The lowest BCUT2D eigenvalue weighted by Gasteiger charge is -2.14. The molecule has 0 heterocycles. The highest BCUT2D eigenvalue weighted by Crippen LogP contribution is 2.15. The van der Waals surface area contributed by atoms with E-state index < -0.39 is 0 Å². The maximum absolute atomic E-state index is 5.79. The van der Waals surface area contributed by atoms with Gasteiger partial charge >= 0.3 is 0 Å². The van der Waals surface area contributed by atoms with Crippen LogP contribution < -0.4 is 10.1 Å². The Kier molecular flexibility index (Phi) is 5.36. The van der Waals surface area contributed by atoms with Gasteiger partial charge in [0.15, 0.2) is 0 Å². The third-order valence-corrected chi connectivity index (χ3v) is 2.40. The van der Waals surface area contributed by atoms with Crippen LogP contribution in [0.5, 0.6) is 5.75 Å². The molecule has 3 heteroatoms. The fraction of sp³-hybridized carbons (Fsp3) is 0.385. The van der Waals surface area contributed by atoms with Crippen LogP contribution in [0.1, 0.15) is 13.8 Å². The zero-order valence-electron chi connectivity index (χ0n) is 9.96. The summed E-state index contributed by atoms with van der Waals surface area (Å²) in [5, 5.41) is 3.91. The highest BCUT2D eigenvalue weighted by atomic mass is 35.5. The van der Waals surface area contributed by atoms with Crippen molar-refractivity contribution >= 4 is 11.6 Å². The second-order valence-corrected chi connectivity index (χ2v) is 4.34. The molecule has 0 fully saturated rings. The van der Waals surface area contributed by atoms with E-state index in [0.717, 1.165) is 10.8 Å². The molecule has 1 unspecified atom stereocenters. The summed E-state index contributed by atoms with van der Waals surface area (Å²) in [6.07, 6.45) is 2.15. The van der Waals surface area contributed by atoms with Gasteiger partial charge in [0.25, 0.3) is 0 Å². The van der Waals surface area contributed by atoms with Crippen LogP contribution in [-0.2, 0) is 0 Å². The molecule has 2 nitrogen and oxygen atoms in total. The summed E-state index contributed by atoms with van der Waals surface area (Å²) in [5.41, 5.74) is 1.28. The van der Waals surface area contributed by atoms with Gasteiger partial charge in [-0.15, -0.1) is 0 Å². The number of benzene rings is 1. The van der Waals surface area contributed by atoms with Crippen molar-refractivity contribution in [1.82, 2.24) is 5.32 Å². The molecule has 1 aromatic rings. The molecular weight excluding hydrogens is 222 g/mol. The van der Waals surface area contributed by atoms with Crippen molar-refractivity contribution in [1.29, 1.82) is 0 Å². The van der Waals surface area contributed by atoms with E-state index in [1.165, 1.54) is 5.57 Å². The van der Waals surface area contributed by atoms with Crippen LogP contribution in [-0.4, -0.2) is 19.7 Å². The van der Waals surface area contributed by atoms with E-state index in [9.17, 15) is 0 Å². The number of halogens is 1. The van der Waals surface area contributed by atoms with Crippen LogP contribution in [0.3, 0.4) is 0 Å². The van der Waals surface area contributed by atoms with E-state index in [-0.39, 0.29) is 6.04 Å². The molecule has 0 aliphatic heterocycles. The Labute approximate surface area is 102 Å². The van der Waals surface area contributed by atoms with E-state index in [0.29, 0.717) is 6.61 Å². The number of hydrogen-bond donors (Lipinski definition) is 1. The van der Waals surface area contributed by atoms with Gasteiger partial charge in [0, 0.05) is 5.02 Å². The van der Waals surface area contributed by atoms with E-state index >= 15 is 0 Å². The molecule has 1 aromatic carbocycles. The molecule has 1 rings (SSSR count). The van der Waals surface area contributed by atoms with Crippen molar-refractivity contribution in [3.05, 3.63) is 40.9 Å². The smallest absolute Gasteiger partial charge is 0.119 e. The van der Waals surface area contributed by atoms with E-state index in [1.807, 2.05) is 31.3 Å². The first-order chi connectivity index (χ1) is 7.61. The lowest BCUT2D eigenvalue weighted by atomic mass is 10.2. The molecule has 1 atom stereocenters. The molecule has 0 radical (unpaired) electrons. The number of likely N-dealkylation sites (N-methyl/N-ethyl adjacent to an activating group) is 1. The molecule has 0 saturated heterocycles. The number of hydrogen-bond acceptors (Lipinski definition) is 2. The second-order valence-electron chi connectivity index (χ2n) is 3.90. The Hall–Kier alpha value is -0.990. The Morgan fingerprint density at radius 3 is 2.50 bits per heavy atom. The van der Waals surface area contributed by atoms with Crippen LogP contribution >= 0.6 is 11.6 Å². The predicted molar refractivity (Wildman–Crippen MR) is 69.2 cm³/mol. The number of rotatable bonds is 5. The molecule has 88 valence electrons. The van der Waals surface area contributed by atoms with Gasteiger partial charge in [-0.3, -0.25) is 0 Å². The van der Waals surface area contributed by atoms with E-state index in [2.05, 4.69) is 25.2 Å². The molecule has 16 heavy (non-hydrogen) atoms. The summed E-state index contributed by atoms with van der Waals surface area (Å²) < 4.78 is 5.65. The molecule has 0 saturated carbocycles. The Morgan fingerprint density at radius 1 is 1.38 bits per heavy atom. The third kappa shape index (κ3) is 4.69. The van der Waals surface area contributed by atoms with Crippen molar-refractivity contribution in [3.63, 3.8) is 0 Å². The summed E-state index contributed by atoms with van der Waals surface area (Å²) in [6.45, 7) is 4.77. The molecule has 0 spiro atoms. The molecule has 0 bridgehead atoms. The fourth-order valence-electron chi connectivity index (χ4n) is 1.33. The summed E-state index contributed by atoms with van der Waals surface area (Å²) in [7, 11) is 1.93. The first-order valence-electron chi connectivity index (χ1n) is 5.32. The average Bonchev–Trinajstić information content (AvgIpc) is 2.26. The third-order valence-electron chi connectivity index (χ3n) is 2.15. The van der Waals surface area contributed by atoms with Crippen molar-refractivity contribution < 1.29 is 4.74 Å². The maximum Gasteiger partial charge on any atom is 0.119 e. The molecule has 1 N–H and O–H groups in total. The van der Waals surface area contributed by atoms with Crippen LogP contribution in [0.25, 0.3) is 0 Å². The van der Waals surface area contributed by atoms with Crippen LogP contribution in [0, 0.1) is 0 Å². The average molecular weight is 240 g/mol. The van der Waals surface area contributed by atoms with Gasteiger partial charge in [-0.2, -0.15) is 0 Å². The van der Waals surface area contributed by atoms with E-state index in [4.69, 9.17) is 16.3 Å². The largest absolute Gasteiger partial charge is 0.492 e. The standard InChI is InChI=1S/C13H18ClNO/c1-10(2)8-12(15-3)9-16-13-6-4-11(14)5-7-13/h4-8,12,15H,9H2,1-3H3. The van der Waals surface area contributed by atoms with Crippen LogP contribution in [0.4, 0.5) is 0 Å². The lowest BCUT2D eigenvalue weighted by Crippen LogP contribution is -2.29. The Balaban J connectivity index is 2.49. The summed E-state index contributed by atoms with van der Waals surface area (Å²) >= 11 is 5.79. The molecular formula is C13H18ClNO. The fourth-order valence-corrected chi connectivity index (χ4v) is 1.46. The lowest BCUT2D eigenvalue weighted by molar-refractivity contribution is 0.292. The van der Waals surface area contributed by atoms with E-state index in [1.54, 1.807) is 0 Å². The minimum atomic E-state index is 0.237. The van der Waals surface area contributed by atoms with Gasteiger partial charge in [-0.25, -0.2) is 0 Å². The van der Waals surface area contributed by atoms with Crippen molar-refractivity contribution in [2.45, 2.75) is 19.9 Å². The number of nitrogens with one attached hydrogen (secondary N) is 1. The van der Waals surface area contributed by atoms with Crippen LogP contribution in [0.2, 0.25) is 5.02 Å².